The molecule has 0 bridgehead atoms. The molecule has 30 heavy (non-hydrogen) atoms. The monoisotopic (exact) mass is 410 g/mol. The molecule has 1 N–H and O–H groups in total. The summed E-state index contributed by atoms with van der Waals surface area (Å²) < 4.78 is 33.1. The van der Waals surface area contributed by atoms with Crippen LogP contribution < -0.4 is 0 Å². The molecule has 4 rings (SSSR count). The maximum Gasteiger partial charge on any atom is 0.274 e. The molecule has 0 radical (unpaired) electrons. The largest absolute Gasteiger partial charge is 0.350 e. The maximum atomic E-state index is 13.8. The highest BCUT2D eigenvalue weighted by atomic mass is 19.1. The Morgan fingerprint density at radius 1 is 1.17 bits per heavy atom. The maximum absolute atomic E-state index is 13.8. The van der Waals surface area contributed by atoms with Crippen molar-refractivity contribution in [2.24, 2.45) is 0 Å². The van der Waals surface area contributed by atoms with Crippen LogP contribution in [0.4, 0.5) is 8.78 Å². The second kappa shape index (κ2) is 7.70. The predicted octanol–water partition coefficient (Wildman–Crippen LogP) is 4.43. The molecule has 0 aliphatic carbocycles. The third-order valence-corrected chi connectivity index (χ3v) is 5.09. The first kappa shape index (κ1) is 19.8. The zero-order valence-electron chi connectivity index (χ0n) is 16.8. The Hall–Kier alpha value is -3.55. The fourth-order valence-electron chi connectivity index (χ4n) is 3.37. The number of aryl methyl sites for hydroxylation is 2. The van der Waals surface area contributed by atoms with Crippen molar-refractivity contribution in [1.82, 2.24) is 20.0 Å². The number of nitrogens with one attached hydrogen (secondary N) is 1. The molecule has 6 nitrogen and oxygen atoms in total. The van der Waals surface area contributed by atoms with Gasteiger partial charge in [0.15, 0.2) is 5.82 Å². The van der Waals surface area contributed by atoms with E-state index in [1.165, 1.54) is 18.0 Å². The first-order valence-electron chi connectivity index (χ1n) is 9.46. The quantitative estimate of drug-likeness (QED) is 0.528. The lowest BCUT2D eigenvalue weighted by Crippen LogP contribution is -2.30. The van der Waals surface area contributed by atoms with Gasteiger partial charge in [0.05, 0.1) is 0 Å². The molecule has 0 unspecified atom stereocenters. The van der Waals surface area contributed by atoms with Gasteiger partial charge in [0.25, 0.3) is 11.8 Å². The molecular formula is C22H20F2N4O2. The molecule has 8 heteroatoms. The summed E-state index contributed by atoms with van der Waals surface area (Å²) in [6.07, 6.45) is 0.278. The Morgan fingerprint density at radius 3 is 2.63 bits per heavy atom. The summed E-state index contributed by atoms with van der Waals surface area (Å²) in [5.41, 5.74) is 3.31. The molecule has 0 saturated heterocycles. The van der Waals surface area contributed by atoms with E-state index >= 15 is 0 Å². The minimum atomic E-state index is -0.891. The number of aromatic amines is 1. The van der Waals surface area contributed by atoms with Gasteiger partial charge in [-0.15, -0.1) is 0 Å². The van der Waals surface area contributed by atoms with Crippen molar-refractivity contribution < 1.29 is 18.1 Å². The number of carbonyl (C=O) groups is 1. The lowest BCUT2D eigenvalue weighted by molar-refractivity contribution is 0.0786. The fraction of sp³-hybridized carbons (Fsp3) is 0.227. The normalized spacial score (nSPS) is 11.2. The van der Waals surface area contributed by atoms with Gasteiger partial charge in [-0.05, 0) is 43.7 Å². The molecule has 0 atom stereocenters. The molecule has 0 aliphatic rings. The third kappa shape index (κ3) is 3.56. The molecule has 154 valence electrons. The van der Waals surface area contributed by atoms with Crippen LogP contribution in [0.25, 0.3) is 22.5 Å². The topological polar surface area (TPSA) is 75.0 Å². The summed E-state index contributed by atoms with van der Waals surface area (Å²) >= 11 is 0. The molecule has 2 heterocycles. The number of halogens is 2. The van der Waals surface area contributed by atoms with Gasteiger partial charge in [-0.2, -0.15) is 4.98 Å². The molecule has 0 spiro atoms. The van der Waals surface area contributed by atoms with Gasteiger partial charge in [-0.3, -0.25) is 4.79 Å². The number of rotatable bonds is 5. The SMILES string of the molecule is Cc1ccc2[nH]c(-c3nc(CCN(C)C(=O)c4c(F)cccc4F)no3)c(C)c2c1. The van der Waals surface area contributed by atoms with E-state index in [2.05, 4.69) is 21.2 Å². The molecule has 2 aromatic heterocycles. The second-order valence-electron chi connectivity index (χ2n) is 7.26. The van der Waals surface area contributed by atoms with Crippen LogP contribution in [0.5, 0.6) is 0 Å². The van der Waals surface area contributed by atoms with E-state index in [1.807, 2.05) is 26.0 Å². The Morgan fingerprint density at radius 2 is 1.90 bits per heavy atom. The van der Waals surface area contributed by atoms with Crippen LogP contribution >= 0.6 is 0 Å². The Kier molecular flexibility index (Phi) is 5.07. The highest BCUT2D eigenvalue weighted by Crippen LogP contribution is 2.29. The van der Waals surface area contributed by atoms with E-state index < -0.39 is 23.1 Å². The number of carbonyl (C=O) groups excluding carboxylic acids is 1. The molecular weight excluding hydrogens is 390 g/mol. The summed E-state index contributed by atoms with van der Waals surface area (Å²) in [7, 11) is 1.47. The van der Waals surface area contributed by atoms with Crippen molar-refractivity contribution in [1.29, 1.82) is 0 Å². The standard InChI is InChI=1S/C22H20F2N4O2/c1-12-7-8-17-14(11-12)13(2)20(25-17)21-26-18(27-30-21)9-10-28(3)22(29)19-15(23)5-4-6-16(19)24/h4-8,11,25H,9-10H2,1-3H3. The minimum Gasteiger partial charge on any atom is -0.350 e. The molecule has 2 aromatic carbocycles. The zero-order chi connectivity index (χ0) is 21.4. The fourth-order valence-corrected chi connectivity index (χ4v) is 3.37. The summed E-state index contributed by atoms with van der Waals surface area (Å²) in [6, 6.07) is 9.44. The number of nitrogens with zero attached hydrogens (tertiary/aromatic N) is 3. The van der Waals surface area contributed by atoms with Crippen molar-refractivity contribution in [2.75, 3.05) is 13.6 Å². The number of hydrogen-bond donors (Lipinski definition) is 1. The third-order valence-electron chi connectivity index (χ3n) is 5.09. The molecule has 0 aliphatic heterocycles. The molecule has 1 amide bonds. The zero-order valence-corrected chi connectivity index (χ0v) is 16.8. The van der Waals surface area contributed by atoms with E-state index in [9.17, 15) is 13.6 Å². The van der Waals surface area contributed by atoms with Crippen molar-refractivity contribution in [3.05, 3.63) is 70.5 Å². The highest BCUT2D eigenvalue weighted by molar-refractivity contribution is 5.94. The molecule has 4 aromatic rings. The number of amides is 1. The summed E-state index contributed by atoms with van der Waals surface area (Å²) in [5, 5.41) is 5.05. The van der Waals surface area contributed by atoms with Gasteiger partial charge >= 0.3 is 0 Å². The van der Waals surface area contributed by atoms with Crippen LogP contribution in [0.2, 0.25) is 0 Å². The molecule has 0 saturated carbocycles. The number of fused-ring (bicyclic) bond motifs is 1. The van der Waals surface area contributed by atoms with E-state index in [-0.39, 0.29) is 13.0 Å². The number of aromatic nitrogens is 3. The Bertz CT molecular complexity index is 1230. The average Bonchev–Trinajstić information content (AvgIpc) is 3.30. The van der Waals surface area contributed by atoms with Gasteiger partial charge in [0.1, 0.15) is 22.9 Å². The lowest BCUT2D eigenvalue weighted by Gasteiger charge is -2.16. The van der Waals surface area contributed by atoms with Gasteiger partial charge in [-0.1, -0.05) is 22.9 Å². The van der Waals surface area contributed by atoms with E-state index in [0.717, 1.165) is 39.9 Å². The van der Waals surface area contributed by atoms with Gasteiger partial charge in [0.2, 0.25) is 0 Å². The van der Waals surface area contributed by atoms with Gasteiger partial charge in [0, 0.05) is 30.9 Å². The van der Waals surface area contributed by atoms with Crippen LogP contribution in [-0.2, 0) is 6.42 Å². The van der Waals surface area contributed by atoms with Crippen molar-refractivity contribution in [3.63, 3.8) is 0 Å². The van der Waals surface area contributed by atoms with E-state index in [4.69, 9.17) is 4.52 Å². The Balaban J connectivity index is 1.49. The summed E-state index contributed by atoms with van der Waals surface area (Å²) in [5.74, 6) is -1.77. The van der Waals surface area contributed by atoms with Crippen LogP contribution in [0.1, 0.15) is 27.3 Å². The predicted molar refractivity (Wildman–Crippen MR) is 108 cm³/mol. The first-order valence-corrected chi connectivity index (χ1v) is 9.46. The van der Waals surface area contributed by atoms with Crippen molar-refractivity contribution in [2.45, 2.75) is 20.3 Å². The first-order chi connectivity index (χ1) is 14.3. The van der Waals surface area contributed by atoms with Crippen LogP contribution in [0, 0.1) is 25.5 Å². The van der Waals surface area contributed by atoms with Crippen LogP contribution in [0.3, 0.4) is 0 Å². The minimum absolute atomic E-state index is 0.177. The Labute approximate surface area is 171 Å². The van der Waals surface area contributed by atoms with Gasteiger partial charge < -0.3 is 14.4 Å². The van der Waals surface area contributed by atoms with Crippen molar-refractivity contribution >= 4 is 16.8 Å². The highest BCUT2D eigenvalue weighted by Gasteiger charge is 2.21. The average molecular weight is 410 g/mol. The summed E-state index contributed by atoms with van der Waals surface area (Å²) in [4.78, 5) is 21.3. The number of benzene rings is 2. The lowest BCUT2D eigenvalue weighted by atomic mass is 10.1. The second-order valence-corrected chi connectivity index (χ2v) is 7.26. The number of hydrogen-bond acceptors (Lipinski definition) is 4. The van der Waals surface area contributed by atoms with Crippen molar-refractivity contribution in [3.8, 4) is 11.6 Å². The van der Waals surface area contributed by atoms with Gasteiger partial charge in [-0.25, -0.2) is 8.78 Å². The van der Waals surface area contributed by atoms with E-state index in [0.29, 0.717) is 11.7 Å². The molecule has 0 fully saturated rings. The van der Waals surface area contributed by atoms with E-state index in [1.54, 1.807) is 0 Å². The summed E-state index contributed by atoms with van der Waals surface area (Å²) in [6.45, 7) is 4.19. The smallest absolute Gasteiger partial charge is 0.274 e. The van der Waals surface area contributed by atoms with Crippen LogP contribution in [0.15, 0.2) is 40.9 Å². The number of H-pyrrole nitrogens is 1. The number of likely N-dealkylation sites (N-methyl/N-ethyl adjacent to an activating group) is 1. The van der Waals surface area contributed by atoms with Crippen LogP contribution in [-0.4, -0.2) is 39.5 Å².